The smallest absolute Gasteiger partial charge is 0.242 e. The van der Waals surface area contributed by atoms with Crippen LogP contribution in [-0.2, 0) is 4.79 Å². The molecule has 0 saturated carbocycles. The first kappa shape index (κ1) is 13.6. The average molecular weight is 263 g/mol. The number of nitrogens with one attached hydrogen (secondary N) is 2. The van der Waals surface area contributed by atoms with Crippen molar-refractivity contribution in [3.05, 3.63) is 11.8 Å². The lowest BCUT2D eigenvalue weighted by atomic mass is 10.2. The molecule has 104 valence electrons. The van der Waals surface area contributed by atoms with Gasteiger partial charge in [-0.05, 0) is 20.3 Å². The molecular formula is C13H21N5O. The van der Waals surface area contributed by atoms with Crippen LogP contribution in [0.5, 0.6) is 0 Å². The van der Waals surface area contributed by atoms with Gasteiger partial charge >= 0.3 is 0 Å². The Kier molecular flexibility index (Phi) is 4.19. The molecule has 1 aliphatic heterocycles. The number of aryl methyl sites for hydroxylation is 1. The molecule has 2 rings (SSSR count). The van der Waals surface area contributed by atoms with E-state index in [-0.39, 0.29) is 11.9 Å². The lowest BCUT2D eigenvalue weighted by Crippen LogP contribution is -2.54. The average Bonchev–Trinajstić information content (AvgIpc) is 2.41. The number of amides is 1. The number of carbonyl (C=O) groups is 1. The molecular weight excluding hydrogens is 242 g/mol. The van der Waals surface area contributed by atoms with E-state index in [9.17, 15) is 4.79 Å². The molecule has 0 spiro atoms. The Labute approximate surface area is 113 Å². The number of piperazine rings is 1. The van der Waals surface area contributed by atoms with Crippen LogP contribution in [0.15, 0.2) is 6.20 Å². The van der Waals surface area contributed by atoms with E-state index in [0.717, 1.165) is 30.9 Å². The van der Waals surface area contributed by atoms with Crippen LogP contribution in [0.3, 0.4) is 0 Å². The molecule has 1 amide bonds. The van der Waals surface area contributed by atoms with E-state index in [2.05, 4.69) is 27.5 Å². The minimum absolute atomic E-state index is 0.0485. The largest absolute Gasteiger partial charge is 0.354 e. The predicted molar refractivity (Wildman–Crippen MR) is 75.4 cm³/mol. The van der Waals surface area contributed by atoms with Gasteiger partial charge in [0.25, 0.3) is 0 Å². The van der Waals surface area contributed by atoms with Gasteiger partial charge in [-0.3, -0.25) is 4.79 Å². The van der Waals surface area contributed by atoms with Crippen LogP contribution < -0.4 is 15.5 Å². The Bertz CT molecular complexity index is 462. The second-order valence-corrected chi connectivity index (χ2v) is 4.79. The van der Waals surface area contributed by atoms with Gasteiger partial charge in [0, 0.05) is 31.4 Å². The number of anilines is 2. The minimum atomic E-state index is -0.193. The number of aromatic nitrogens is 2. The fourth-order valence-electron chi connectivity index (χ4n) is 2.12. The van der Waals surface area contributed by atoms with E-state index in [1.54, 1.807) is 6.20 Å². The van der Waals surface area contributed by atoms with Crippen molar-refractivity contribution in [3.8, 4) is 0 Å². The molecule has 1 unspecified atom stereocenters. The third kappa shape index (κ3) is 2.94. The number of nitrogens with zero attached hydrogens (tertiary/aromatic N) is 3. The zero-order valence-corrected chi connectivity index (χ0v) is 11.7. The van der Waals surface area contributed by atoms with Gasteiger partial charge in [0.15, 0.2) is 0 Å². The molecule has 1 fully saturated rings. The Morgan fingerprint density at radius 3 is 3.11 bits per heavy atom. The summed E-state index contributed by atoms with van der Waals surface area (Å²) < 4.78 is 0. The SMILES string of the molecule is CCCNc1ncc(C)c(N2CCNC(=O)C2C)n1. The first-order chi connectivity index (χ1) is 9.13. The van der Waals surface area contributed by atoms with Crippen LogP contribution in [0.25, 0.3) is 0 Å². The van der Waals surface area contributed by atoms with Crippen LogP contribution in [0.4, 0.5) is 11.8 Å². The molecule has 1 aromatic heterocycles. The number of hydrogen-bond donors (Lipinski definition) is 2. The van der Waals surface area contributed by atoms with Crippen molar-refractivity contribution in [3.63, 3.8) is 0 Å². The van der Waals surface area contributed by atoms with Crippen molar-refractivity contribution >= 4 is 17.7 Å². The highest BCUT2D eigenvalue weighted by molar-refractivity contribution is 5.86. The highest BCUT2D eigenvalue weighted by Crippen LogP contribution is 2.21. The lowest BCUT2D eigenvalue weighted by Gasteiger charge is -2.34. The fourth-order valence-corrected chi connectivity index (χ4v) is 2.12. The van der Waals surface area contributed by atoms with Gasteiger partial charge in [0.05, 0.1) is 0 Å². The number of carbonyl (C=O) groups excluding carboxylic acids is 1. The van der Waals surface area contributed by atoms with Gasteiger partial charge in [0.1, 0.15) is 11.9 Å². The first-order valence-corrected chi connectivity index (χ1v) is 6.75. The first-order valence-electron chi connectivity index (χ1n) is 6.75. The lowest BCUT2D eigenvalue weighted by molar-refractivity contribution is -0.122. The van der Waals surface area contributed by atoms with Crippen molar-refractivity contribution in [2.75, 3.05) is 29.9 Å². The molecule has 6 nitrogen and oxygen atoms in total. The van der Waals surface area contributed by atoms with Gasteiger partial charge in [-0.1, -0.05) is 6.92 Å². The van der Waals surface area contributed by atoms with Gasteiger partial charge in [-0.2, -0.15) is 4.98 Å². The van der Waals surface area contributed by atoms with Crippen LogP contribution in [0, 0.1) is 6.92 Å². The molecule has 1 aromatic rings. The van der Waals surface area contributed by atoms with Crippen molar-refractivity contribution < 1.29 is 4.79 Å². The maximum Gasteiger partial charge on any atom is 0.242 e. The van der Waals surface area contributed by atoms with Crippen molar-refractivity contribution in [1.82, 2.24) is 15.3 Å². The van der Waals surface area contributed by atoms with Gasteiger partial charge in [-0.25, -0.2) is 4.98 Å². The highest BCUT2D eigenvalue weighted by Gasteiger charge is 2.27. The van der Waals surface area contributed by atoms with E-state index >= 15 is 0 Å². The van der Waals surface area contributed by atoms with Crippen molar-refractivity contribution in [2.24, 2.45) is 0 Å². The molecule has 1 aliphatic rings. The summed E-state index contributed by atoms with van der Waals surface area (Å²) in [5.41, 5.74) is 0.989. The third-order valence-electron chi connectivity index (χ3n) is 3.25. The maximum absolute atomic E-state index is 11.7. The molecule has 2 N–H and O–H groups in total. The third-order valence-corrected chi connectivity index (χ3v) is 3.25. The summed E-state index contributed by atoms with van der Waals surface area (Å²) >= 11 is 0. The maximum atomic E-state index is 11.7. The van der Waals surface area contributed by atoms with Crippen molar-refractivity contribution in [2.45, 2.75) is 33.2 Å². The van der Waals surface area contributed by atoms with E-state index < -0.39 is 0 Å². The van der Waals surface area contributed by atoms with Gasteiger partial charge in [-0.15, -0.1) is 0 Å². The molecule has 1 atom stereocenters. The molecule has 6 heteroatoms. The Balaban J connectivity index is 2.24. The van der Waals surface area contributed by atoms with Crippen LogP contribution >= 0.6 is 0 Å². The Morgan fingerprint density at radius 1 is 1.58 bits per heavy atom. The summed E-state index contributed by atoms with van der Waals surface area (Å²) in [6, 6.07) is -0.193. The van der Waals surface area contributed by atoms with E-state index in [4.69, 9.17) is 0 Å². The summed E-state index contributed by atoms with van der Waals surface area (Å²) in [6.45, 7) is 8.24. The zero-order valence-electron chi connectivity index (χ0n) is 11.7. The second-order valence-electron chi connectivity index (χ2n) is 4.79. The molecule has 19 heavy (non-hydrogen) atoms. The molecule has 0 aliphatic carbocycles. The fraction of sp³-hybridized carbons (Fsp3) is 0.615. The summed E-state index contributed by atoms with van der Waals surface area (Å²) in [5, 5.41) is 6.04. The Morgan fingerprint density at radius 2 is 2.37 bits per heavy atom. The Hall–Kier alpha value is -1.85. The minimum Gasteiger partial charge on any atom is -0.354 e. The molecule has 2 heterocycles. The van der Waals surface area contributed by atoms with Gasteiger partial charge in [0.2, 0.25) is 11.9 Å². The van der Waals surface area contributed by atoms with Crippen LogP contribution in [0.1, 0.15) is 25.8 Å². The number of rotatable bonds is 4. The predicted octanol–water partition coefficient (Wildman–Crippen LogP) is 0.932. The zero-order chi connectivity index (χ0) is 13.8. The number of hydrogen-bond acceptors (Lipinski definition) is 5. The summed E-state index contributed by atoms with van der Waals surface area (Å²) in [4.78, 5) is 22.6. The van der Waals surface area contributed by atoms with E-state index in [1.165, 1.54) is 0 Å². The van der Waals surface area contributed by atoms with Gasteiger partial charge < -0.3 is 15.5 Å². The monoisotopic (exact) mass is 263 g/mol. The van der Waals surface area contributed by atoms with Crippen LogP contribution in [-0.4, -0.2) is 41.6 Å². The van der Waals surface area contributed by atoms with Crippen LogP contribution in [0.2, 0.25) is 0 Å². The highest BCUT2D eigenvalue weighted by atomic mass is 16.2. The van der Waals surface area contributed by atoms with E-state index in [1.807, 2.05) is 18.7 Å². The topological polar surface area (TPSA) is 70.2 Å². The standard InChI is InChI=1S/C13H21N5O/c1-4-5-15-13-16-8-9(2)11(17-13)18-7-6-14-12(19)10(18)3/h8,10H,4-7H2,1-3H3,(H,14,19)(H,15,16,17). The molecule has 0 bridgehead atoms. The molecule has 1 saturated heterocycles. The van der Waals surface area contributed by atoms with E-state index in [0.29, 0.717) is 12.5 Å². The quantitative estimate of drug-likeness (QED) is 0.845. The molecule has 0 aromatic carbocycles. The summed E-state index contributed by atoms with van der Waals surface area (Å²) in [5.74, 6) is 1.52. The summed E-state index contributed by atoms with van der Waals surface area (Å²) in [6.07, 6.45) is 2.83. The second kappa shape index (κ2) is 5.86. The molecule has 0 radical (unpaired) electrons. The normalized spacial score (nSPS) is 19.2. The van der Waals surface area contributed by atoms with Crippen molar-refractivity contribution in [1.29, 1.82) is 0 Å². The summed E-state index contributed by atoms with van der Waals surface area (Å²) in [7, 11) is 0.